The molecule has 2 aromatic rings. The van der Waals surface area contributed by atoms with E-state index in [2.05, 4.69) is 10.0 Å². The van der Waals surface area contributed by atoms with Crippen LogP contribution >= 0.6 is 0 Å². The van der Waals surface area contributed by atoms with Crippen molar-refractivity contribution in [1.29, 1.82) is 0 Å². The second kappa shape index (κ2) is 6.05. The van der Waals surface area contributed by atoms with Crippen molar-refractivity contribution in [2.75, 3.05) is 16.3 Å². The van der Waals surface area contributed by atoms with Crippen molar-refractivity contribution < 1.29 is 13.5 Å². The highest BCUT2D eigenvalue weighted by Gasteiger charge is 2.04. The summed E-state index contributed by atoms with van der Waals surface area (Å²) >= 11 is 0. The van der Waals surface area contributed by atoms with Crippen LogP contribution in [0.5, 0.6) is 5.75 Å². The Morgan fingerprint density at radius 1 is 1.05 bits per heavy atom. The normalized spacial score (nSPS) is 11.1. The molecule has 0 aliphatic heterocycles. The van der Waals surface area contributed by atoms with Gasteiger partial charge in [0.05, 0.1) is 6.26 Å². The molecule has 0 heterocycles. The summed E-state index contributed by atoms with van der Waals surface area (Å²) in [6.07, 6.45) is 1.11. The molecular formula is C15H18N2O3S. The fourth-order valence-corrected chi connectivity index (χ4v) is 2.49. The van der Waals surface area contributed by atoms with E-state index >= 15 is 0 Å². The fourth-order valence-electron chi connectivity index (χ4n) is 1.93. The highest BCUT2D eigenvalue weighted by Crippen LogP contribution is 2.23. The van der Waals surface area contributed by atoms with Crippen molar-refractivity contribution in [1.82, 2.24) is 0 Å². The zero-order valence-corrected chi connectivity index (χ0v) is 12.7. The van der Waals surface area contributed by atoms with Gasteiger partial charge in [0, 0.05) is 23.5 Å². The van der Waals surface area contributed by atoms with Crippen molar-refractivity contribution >= 4 is 21.4 Å². The molecule has 0 bridgehead atoms. The molecule has 0 unspecified atom stereocenters. The fraction of sp³-hybridized carbons (Fsp3) is 0.200. The molecule has 2 aromatic carbocycles. The maximum absolute atomic E-state index is 11.1. The van der Waals surface area contributed by atoms with E-state index in [9.17, 15) is 13.5 Å². The summed E-state index contributed by atoms with van der Waals surface area (Å²) < 4.78 is 24.6. The minimum absolute atomic E-state index is 0.292. The molecule has 2 rings (SSSR count). The average molecular weight is 306 g/mol. The van der Waals surface area contributed by atoms with E-state index in [0.717, 1.165) is 23.1 Å². The summed E-state index contributed by atoms with van der Waals surface area (Å²) in [4.78, 5) is 0. The molecule has 3 N–H and O–H groups in total. The predicted octanol–water partition coefficient (Wildman–Crippen LogP) is 2.68. The Morgan fingerprint density at radius 2 is 1.67 bits per heavy atom. The molecule has 0 saturated heterocycles. The van der Waals surface area contributed by atoms with Gasteiger partial charge in [0.2, 0.25) is 10.0 Å². The first-order valence-corrected chi connectivity index (χ1v) is 8.33. The number of phenols is 1. The van der Waals surface area contributed by atoms with Crippen molar-refractivity contribution in [3.63, 3.8) is 0 Å². The van der Waals surface area contributed by atoms with Gasteiger partial charge in [-0.15, -0.1) is 0 Å². The number of hydrogen-bond donors (Lipinski definition) is 3. The Bertz CT molecular complexity index is 725. The van der Waals surface area contributed by atoms with Gasteiger partial charge < -0.3 is 10.4 Å². The Balaban J connectivity index is 2.02. The van der Waals surface area contributed by atoms with Crippen LogP contribution in [0.3, 0.4) is 0 Å². The summed E-state index contributed by atoms with van der Waals surface area (Å²) in [5.74, 6) is 0.292. The Morgan fingerprint density at radius 3 is 2.29 bits per heavy atom. The minimum Gasteiger partial charge on any atom is -0.507 e. The van der Waals surface area contributed by atoms with E-state index in [4.69, 9.17) is 0 Å². The zero-order chi connectivity index (χ0) is 15.5. The molecular weight excluding hydrogens is 288 g/mol. The van der Waals surface area contributed by atoms with Gasteiger partial charge in [0.25, 0.3) is 0 Å². The van der Waals surface area contributed by atoms with Gasteiger partial charge in [0.15, 0.2) is 0 Å². The summed E-state index contributed by atoms with van der Waals surface area (Å²) in [5, 5.41) is 13.1. The molecule has 112 valence electrons. The lowest BCUT2D eigenvalue weighted by Gasteiger charge is -2.10. The van der Waals surface area contributed by atoms with Gasteiger partial charge in [-0.2, -0.15) is 0 Å². The molecule has 0 aliphatic rings. The van der Waals surface area contributed by atoms with E-state index in [-0.39, 0.29) is 0 Å². The first-order chi connectivity index (χ1) is 9.85. The van der Waals surface area contributed by atoms with Gasteiger partial charge in [-0.1, -0.05) is 18.2 Å². The number of aryl methyl sites for hydroxylation is 1. The van der Waals surface area contributed by atoms with Crippen molar-refractivity contribution in [3.05, 3.63) is 53.6 Å². The molecule has 0 radical (unpaired) electrons. The van der Waals surface area contributed by atoms with Crippen LogP contribution in [-0.4, -0.2) is 19.8 Å². The largest absolute Gasteiger partial charge is 0.507 e. The summed E-state index contributed by atoms with van der Waals surface area (Å²) in [7, 11) is -3.26. The summed E-state index contributed by atoms with van der Waals surface area (Å²) in [6.45, 7) is 2.34. The van der Waals surface area contributed by atoms with Crippen LogP contribution in [0.2, 0.25) is 0 Å². The van der Waals surface area contributed by atoms with Crippen LogP contribution in [0.25, 0.3) is 0 Å². The third kappa shape index (κ3) is 4.39. The molecule has 0 fully saturated rings. The summed E-state index contributed by atoms with van der Waals surface area (Å²) in [6, 6.07) is 12.5. The highest BCUT2D eigenvalue weighted by molar-refractivity contribution is 7.92. The predicted molar refractivity (Wildman–Crippen MR) is 85.1 cm³/mol. The van der Waals surface area contributed by atoms with Crippen LogP contribution in [0, 0.1) is 6.92 Å². The molecule has 0 atom stereocenters. The van der Waals surface area contributed by atoms with E-state index in [1.165, 1.54) is 0 Å². The third-order valence-electron chi connectivity index (χ3n) is 2.99. The van der Waals surface area contributed by atoms with E-state index < -0.39 is 10.0 Å². The Labute approximate surface area is 124 Å². The number of sulfonamides is 1. The smallest absolute Gasteiger partial charge is 0.229 e. The van der Waals surface area contributed by atoms with Crippen LogP contribution in [0.15, 0.2) is 42.5 Å². The first kappa shape index (κ1) is 15.2. The number of rotatable bonds is 5. The first-order valence-electron chi connectivity index (χ1n) is 6.44. The van der Waals surface area contributed by atoms with Gasteiger partial charge in [-0.25, -0.2) is 8.42 Å². The van der Waals surface area contributed by atoms with Crippen LogP contribution in [0.1, 0.15) is 11.1 Å². The number of hydrogen-bond acceptors (Lipinski definition) is 4. The quantitative estimate of drug-likeness (QED) is 0.793. The topological polar surface area (TPSA) is 78.4 Å². The number of aromatic hydroxyl groups is 1. The molecule has 0 saturated carbocycles. The minimum atomic E-state index is -3.26. The number of benzene rings is 2. The molecule has 0 aliphatic carbocycles. The molecule has 21 heavy (non-hydrogen) atoms. The lowest BCUT2D eigenvalue weighted by molar-refractivity contribution is 0.465. The van der Waals surface area contributed by atoms with Crippen LogP contribution < -0.4 is 10.0 Å². The second-order valence-corrected chi connectivity index (χ2v) is 6.64. The van der Waals surface area contributed by atoms with Crippen LogP contribution in [0.4, 0.5) is 11.4 Å². The maximum Gasteiger partial charge on any atom is 0.229 e. The van der Waals surface area contributed by atoms with Gasteiger partial charge in [-0.05, 0) is 36.8 Å². The second-order valence-electron chi connectivity index (χ2n) is 4.89. The van der Waals surface area contributed by atoms with Crippen LogP contribution in [-0.2, 0) is 16.6 Å². The van der Waals surface area contributed by atoms with Gasteiger partial charge in [0.1, 0.15) is 5.75 Å². The standard InChI is InChI=1S/C15H18N2O3S/c1-11-4-3-5-12(15(11)18)10-16-13-6-8-14(9-7-13)17-21(2,19)20/h3-9,16-18H,10H2,1-2H3. The number of anilines is 2. The Hall–Kier alpha value is -2.21. The molecule has 0 spiro atoms. The SMILES string of the molecule is Cc1cccc(CNc2ccc(NS(C)(=O)=O)cc2)c1O. The molecule has 0 amide bonds. The molecule has 6 heteroatoms. The van der Waals surface area contributed by atoms with Gasteiger partial charge >= 0.3 is 0 Å². The molecule has 5 nitrogen and oxygen atoms in total. The van der Waals surface area contributed by atoms with Crippen molar-refractivity contribution in [3.8, 4) is 5.75 Å². The highest BCUT2D eigenvalue weighted by atomic mass is 32.2. The average Bonchev–Trinajstić information content (AvgIpc) is 2.40. The van der Waals surface area contributed by atoms with E-state index in [0.29, 0.717) is 18.0 Å². The Kier molecular flexibility index (Phi) is 4.37. The summed E-state index contributed by atoms with van der Waals surface area (Å²) in [5.41, 5.74) is 3.01. The van der Waals surface area contributed by atoms with Gasteiger partial charge in [-0.3, -0.25) is 4.72 Å². The zero-order valence-electron chi connectivity index (χ0n) is 11.9. The van der Waals surface area contributed by atoms with Crippen molar-refractivity contribution in [2.24, 2.45) is 0 Å². The lowest BCUT2D eigenvalue weighted by atomic mass is 10.1. The van der Waals surface area contributed by atoms with E-state index in [1.54, 1.807) is 24.3 Å². The van der Waals surface area contributed by atoms with Crippen molar-refractivity contribution in [2.45, 2.75) is 13.5 Å². The molecule has 0 aromatic heterocycles. The number of para-hydroxylation sites is 1. The number of nitrogens with one attached hydrogen (secondary N) is 2. The van der Waals surface area contributed by atoms with E-state index in [1.807, 2.05) is 25.1 Å². The third-order valence-corrected chi connectivity index (χ3v) is 3.60. The monoisotopic (exact) mass is 306 g/mol. The lowest BCUT2D eigenvalue weighted by Crippen LogP contribution is -2.09. The maximum atomic E-state index is 11.1. The number of phenolic OH excluding ortho intramolecular Hbond substituents is 1.